The molecule has 1 fully saturated rings. The molecule has 18 heavy (non-hydrogen) atoms. The topological polar surface area (TPSA) is 84.9 Å². The number of carboxylic acids is 1. The average molecular weight is 249 g/mol. The molecule has 6 nitrogen and oxygen atoms in total. The highest BCUT2D eigenvalue weighted by Gasteiger charge is 2.38. The smallest absolute Gasteiger partial charge is 0.326 e. The number of aliphatic carboxylic acids is 1. The maximum absolute atomic E-state index is 11.3. The number of carbonyl (C=O) groups excluding carboxylic acids is 1. The fraction of sp³-hybridized carbons (Fsp3) is 0.333. The summed E-state index contributed by atoms with van der Waals surface area (Å²) in [5, 5.41) is 11.5. The first-order valence-corrected chi connectivity index (χ1v) is 5.57. The third kappa shape index (κ3) is 1.66. The summed E-state index contributed by atoms with van der Waals surface area (Å²) in [5.41, 5.74) is 0.769. The quantitative estimate of drug-likeness (QED) is 0.796. The summed E-state index contributed by atoms with van der Waals surface area (Å²) >= 11 is 0. The lowest BCUT2D eigenvalue weighted by Gasteiger charge is -2.15. The van der Waals surface area contributed by atoms with Gasteiger partial charge in [-0.25, -0.2) is 4.79 Å². The molecule has 94 valence electrons. The molecule has 2 atom stereocenters. The fourth-order valence-corrected chi connectivity index (χ4v) is 2.34. The molecule has 0 saturated carbocycles. The number of hydrogen-bond acceptors (Lipinski definition) is 4. The second kappa shape index (κ2) is 3.90. The summed E-state index contributed by atoms with van der Waals surface area (Å²) in [5.74, 6) is -0.406. The van der Waals surface area contributed by atoms with E-state index in [0.717, 1.165) is 5.56 Å². The van der Waals surface area contributed by atoms with E-state index < -0.39 is 12.0 Å². The van der Waals surface area contributed by atoms with Crippen molar-refractivity contribution in [1.29, 1.82) is 0 Å². The lowest BCUT2D eigenvalue weighted by atomic mass is 9.91. The highest BCUT2D eigenvalue weighted by atomic mass is 16.7. The van der Waals surface area contributed by atoms with Crippen molar-refractivity contribution in [1.82, 2.24) is 5.32 Å². The van der Waals surface area contributed by atoms with Crippen LogP contribution >= 0.6 is 0 Å². The summed E-state index contributed by atoms with van der Waals surface area (Å²) in [4.78, 5) is 22.4. The predicted molar refractivity (Wildman–Crippen MR) is 59.5 cm³/mol. The van der Waals surface area contributed by atoms with Crippen LogP contribution in [0.25, 0.3) is 0 Å². The minimum atomic E-state index is -1.02. The van der Waals surface area contributed by atoms with Crippen molar-refractivity contribution in [2.45, 2.75) is 18.4 Å². The molecule has 0 unspecified atom stereocenters. The van der Waals surface area contributed by atoms with Gasteiger partial charge in [0.05, 0.1) is 0 Å². The number of amides is 1. The summed E-state index contributed by atoms with van der Waals surface area (Å²) in [7, 11) is 0. The molecule has 3 rings (SSSR count). The summed E-state index contributed by atoms with van der Waals surface area (Å²) in [6.07, 6.45) is 0.177. The molecule has 1 amide bonds. The van der Waals surface area contributed by atoms with Gasteiger partial charge in [0.1, 0.15) is 6.04 Å². The van der Waals surface area contributed by atoms with Crippen molar-refractivity contribution < 1.29 is 24.2 Å². The van der Waals surface area contributed by atoms with Crippen LogP contribution in [-0.2, 0) is 9.59 Å². The number of hydrogen-bond donors (Lipinski definition) is 2. The van der Waals surface area contributed by atoms with Crippen molar-refractivity contribution >= 4 is 11.9 Å². The van der Waals surface area contributed by atoms with E-state index in [-0.39, 0.29) is 25.0 Å². The van der Waals surface area contributed by atoms with Crippen LogP contribution in [-0.4, -0.2) is 29.8 Å². The Kier molecular flexibility index (Phi) is 2.36. The number of nitrogens with one attached hydrogen (secondary N) is 1. The largest absolute Gasteiger partial charge is 0.480 e. The first-order chi connectivity index (χ1) is 8.65. The van der Waals surface area contributed by atoms with E-state index in [1.165, 1.54) is 0 Å². The van der Waals surface area contributed by atoms with Gasteiger partial charge in [0, 0.05) is 12.3 Å². The Morgan fingerprint density at radius 1 is 1.33 bits per heavy atom. The Morgan fingerprint density at radius 3 is 2.89 bits per heavy atom. The van der Waals surface area contributed by atoms with Crippen LogP contribution < -0.4 is 14.8 Å². The SMILES string of the molecule is O=C1C[C@H](c2ccc3c(c2)OCO3)[C@@H](C(=O)O)N1. The number of benzene rings is 1. The first kappa shape index (κ1) is 10.9. The van der Waals surface area contributed by atoms with Crippen molar-refractivity contribution in [2.75, 3.05) is 6.79 Å². The van der Waals surface area contributed by atoms with E-state index in [0.29, 0.717) is 11.5 Å². The molecule has 2 aliphatic heterocycles. The second-order valence-corrected chi connectivity index (χ2v) is 4.31. The number of fused-ring (bicyclic) bond motifs is 1. The monoisotopic (exact) mass is 249 g/mol. The molecule has 1 saturated heterocycles. The van der Waals surface area contributed by atoms with Crippen LogP contribution in [0.2, 0.25) is 0 Å². The molecule has 0 spiro atoms. The van der Waals surface area contributed by atoms with Gasteiger partial charge in [0.2, 0.25) is 12.7 Å². The molecule has 2 aliphatic rings. The Morgan fingerprint density at radius 2 is 2.11 bits per heavy atom. The average Bonchev–Trinajstić information content (AvgIpc) is 2.93. The molecule has 0 aliphatic carbocycles. The van der Waals surface area contributed by atoms with Gasteiger partial charge in [0.25, 0.3) is 0 Å². The Bertz CT molecular complexity index is 527. The molecular formula is C12H11NO5. The van der Waals surface area contributed by atoms with Crippen LogP contribution in [0.15, 0.2) is 18.2 Å². The van der Waals surface area contributed by atoms with E-state index in [4.69, 9.17) is 14.6 Å². The minimum absolute atomic E-state index is 0.170. The highest BCUT2D eigenvalue weighted by molar-refractivity contribution is 5.89. The van der Waals surface area contributed by atoms with Gasteiger partial charge in [-0.15, -0.1) is 0 Å². The normalized spacial score (nSPS) is 25.0. The summed E-state index contributed by atoms with van der Waals surface area (Å²) in [6, 6.07) is 4.37. The molecule has 6 heteroatoms. The Labute approximate surface area is 103 Å². The van der Waals surface area contributed by atoms with Crippen molar-refractivity contribution in [2.24, 2.45) is 0 Å². The maximum Gasteiger partial charge on any atom is 0.326 e. The number of carboxylic acid groups (broad SMARTS) is 1. The number of carbonyl (C=O) groups is 2. The number of rotatable bonds is 2. The predicted octanol–water partition coefficient (Wildman–Crippen LogP) is 0.472. The van der Waals surface area contributed by atoms with Gasteiger partial charge in [-0.3, -0.25) is 4.79 Å². The fourth-order valence-electron chi connectivity index (χ4n) is 2.34. The minimum Gasteiger partial charge on any atom is -0.480 e. The zero-order valence-corrected chi connectivity index (χ0v) is 9.38. The Hall–Kier alpha value is -2.24. The molecule has 0 bridgehead atoms. The molecule has 0 aromatic heterocycles. The molecule has 2 heterocycles. The summed E-state index contributed by atoms with van der Waals surface area (Å²) < 4.78 is 10.4. The van der Waals surface area contributed by atoms with Crippen LogP contribution in [0, 0.1) is 0 Å². The van der Waals surface area contributed by atoms with Gasteiger partial charge >= 0.3 is 5.97 Å². The zero-order chi connectivity index (χ0) is 12.7. The van der Waals surface area contributed by atoms with Crippen LogP contribution in [0.1, 0.15) is 17.9 Å². The van der Waals surface area contributed by atoms with E-state index >= 15 is 0 Å². The van der Waals surface area contributed by atoms with Crippen molar-refractivity contribution in [3.8, 4) is 11.5 Å². The van der Waals surface area contributed by atoms with Gasteiger partial charge < -0.3 is 19.9 Å². The molecule has 2 N–H and O–H groups in total. The van der Waals surface area contributed by atoms with E-state index in [2.05, 4.69) is 5.32 Å². The summed E-state index contributed by atoms with van der Waals surface area (Å²) in [6.45, 7) is 0.170. The van der Waals surface area contributed by atoms with Gasteiger partial charge in [-0.1, -0.05) is 6.07 Å². The number of ether oxygens (including phenoxy) is 2. The van der Waals surface area contributed by atoms with Gasteiger partial charge in [0.15, 0.2) is 11.5 Å². The van der Waals surface area contributed by atoms with Crippen molar-refractivity contribution in [3.63, 3.8) is 0 Å². The van der Waals surface area contributed by atoms with Gasteiger partial charge in [-0.2, -0.15) is 0 Å². The molecule has 0 radical (unpaired) electrons. The third-order valence-corrected chi connectivity index (χ3v) is 3.21. The lowest BCUT2D eigenvalue weighted by Crippen LogP contribution is -2.36. The first-order valence-electron chi connectivity index (χ1n) is 5.57. The molecule has 1 aromatic rings. The van der Waals surface area contributed by atoms with E-state index in [9.17, 15) is 9.59 Å². The van der Waals surface area contributed by atoms with Crippen LogP contribution in [0.3, 0.4) is 0 Å². The van der Waals surface area contributed by atoms with E-state index in [1.807, 2.05) is 0 Å². The standard InChI is InChI=1S/C12H11NO5/c14-10-4-7(11(13-10)12(15)16)6-1-2-8-9(3-6)18-5-17-8/h1-3,7,11H,4-5H2,(H,13,14)(H,15,16)/t7-,11+/m1/s1. The Balaban J connectivity index is 1.94. The highest BCUT2D eigenvalue weighted by Crippen LogP contribution is 2.37. The lowest BCUT2D eigenvalue weighted by molar-refractivity contribution is -0.140. The maximum atomic E-state index is 11.3. The second-order valence-electron chi connectivity index (χ2n) is 4.31. The van der Waals surface area contributed by atoms with Gasteiger partial charge in [-0.05, 0) is 17.7 Å². The molecular weight excluding hydrogens is 238 g/mol. The van der Waals surface area contributed by atoms with Crippen molar-refractivity contribution in [3.05, 3.63) is 23.8 Å². The third-order valence-electron chi connectivity index (χ3n) is 3.21. The van der Waals surface area contributed by atoms with Crippen LogP contribution in [0.5, 0.6) is 11.5 Å². The molecule has 1 aromatic carbocycles. The van der Waals surface area contributed by atoms with E-state index in [1.54, 1.807) is 18.2 Å². The van der Waals surface area contributed by atoms with Crippen LogP contribution in [0.4, 0.5) is 0 Å². The zero-order valence-electron chi connectivity index (χ0n) is 9.38.